The van der Waals surface area contributed by atoms with Crippen LogP contribution in [-0.4, -0.2) is 17.8 Å². The van der Waals surface area contributed by atoms with Crippen molar-refractivity contribution in [1.82, 2.24) is 5.32 Å². The molecule has 1 atom stereocenters. The summed E-state index contributed by atoms with van der Waals surface area (Å²) >= 11 is 6.32. The van der Waals surface area contributed by atoms with E-state index in [0.29, 0.717) is 12.0 Å². The minimum atomic E-state index is 0.0277. The number of halogens is 1. The second kappa shape index (κ2) is 7.35. The van der Waals surface area contributed by atoms with Gasteiger partial charge in [0.1, 0.15) is 0 Å². The Hall–Kier alpha value is -0.240. The van der Waals surface area contributed by atoms with E-state index in [9.17, 15) is 4.79 Å². The number of amides is 1. The molecule has 21 heavy (non-hydrogen) atoms. The van der Waals surface area contributed by atoms with E-state index in [-0.39, 0.29) is 22.6 Å². The summed E-state index contributed by atoms with van der Waals surface area (Å²) < 4.78 is 0. The Morgan fingerprint density at radius 3 is 2.05 bits per heavy atom. The zero-order valence-electron chi connectivity index (χ0n) is 14.8. The first-order chi connectivity index (χ1) is 9.49. The second-order valence-electron chi connectivity index (χ2n) is 9.02. The molecule has 0 aromatic heterocycles. The molecule has 2 nitrogen and oxygen atoms in total. The van der Waals surface area contributed by atoms with Gasteiger partial charge >= 0.3 is 0 Å². The van der Waals surface area contributed by atoms with Crippen LogP contribution in [0, 0.1) is 22.7 Å². The van der Waals surface area contributed by atoms with E-state index >= 15 is 0 Å². The summed E-state index contributed by atoms with van der Waals surface area (Å²) in [6.07, 6.45) is 5.33. The van der Waals surface area contributed by atoms with Crippen molar-refractivity contribution in [3.8, 4) is 0 Å². The van der Waals surface area contributed by atoms with Crippen LogP contribution in [0.4, 0.5) is 0 Å². The molecule has 1 rings (SSSR count). The summed E-state index contributed by atoms with van der Waals surface area (Å²) in [6, 6.07) is 0. The third kappa shape index (κ3) is 7.04. The van der Waals surface area contributed by atoms with E-state index in [1.165, 1.54) is 12.8 Å². The molecule has 1 fully saturated rings. The molecule has 0 aromatic carbocycles. The van der Waals surface area contributed by atoms with Gasteiger partial charge in [-0.05, 0) is 48.9 Å². The minimum absolute atomic E-state index is 0.0277. The maximum Gasteiger partial charge on any atom is 0.223 e. The molecular formula is C18H34ClNO. The number of nitrogens with one attached hydrogen (secondary N) is 1. The predicted molar refractivity (Wildman–Crippen MR) is 91.6 cm³/mol. The smallest absolute Gasteiger partial charge is 0.223 e. The van der Waals surface area contributed by atoms with E-state index in [4.69, 9.17) is 11.6 Å². The molecule has 0 aromatic rings. The molecular weight excluding hydrogens is 282 g/mol. The molecule has 1 amide bonds. The molecule has 1 aliphatic rings. The third-order valence-corrected chi connectivity index (χ3v) is 4.96. The molecule has 0 heterocycles. The van der Waals surface area contributed by atoms with Gasteiger partial charge in [-0.25, -0.2) is 0 Å². The maximum absolute atomic E-state index is 12.3. The van der Waals surface area contributed by atoms with Crippen LogP contribution in [-0.2, 0) is 4.79 Å². The minimum Gasteiger partial charge on any atom is -0.354 e. The van der Waals surface area contributed by atoms with E-state index in [0.717, 1.165) is 25.2 Å². The fourth-order valence-electron chi connectivity index (χ4n) is 3.31. The summed E-state index contributed by atoms with van der Waals surface area (Å²) in [7, 11) is 0. The van der Waals surface area contributed by atoms with Gasteiger partial charge in [-0.3, -0.25) is 4.79 Å². The van der Waals surface area contributed by atoms with Crippen molar-refractivity contribution < 1.29 is 4.79 Å². The van der Waals surface area contributed by atoms with Gasteiger partial charge < -0.3 is 5.32 Å². The molecule has 1 aliphatic carbocycles. The molecule has 0 saturated heterocycles. The van der Waals surface area contributed by atoms with Gasteiger partial charge in [0.15, 0.2) is 0 Å². The molecule has 1 saturated carbocycles. The lowest BCUT2D eigenvalue weighted by Crippen LogP contribution is -2.38. The van der Waals surface area contributed by atoms with E-state index in [2.05, 4.69) is 46.9 Å². The molecule has 1 N–H and O–H groups in total. The lowest BCUT2D eigenvalue weighted by Gasteiger charge is -2.36. The first-order valence-corrected chi connectivity index (χ1v) is 8.84. The van der Waals surface area contributed by atoms with E-state index < -0.39 is 0 Å². The first kappa shape index (κ1) is 18.8. The van der Waals surface area contributed by atoms with E-state index in [1.807, 2.05) is 0 Å². The van der Waals surface area contributed by atoms with Crippen LogP contribution in [0.3, 0.4) is 0 Å². The number of carbonyl (C=O) groups is 1. The van der Waals surface area contributed by atoms with Crippen molar-refractivity contribution in [3.63, 3.8) is 0 Å². The summed E-state index contributed by atoms with van der Waals surface area (Å²) in [5, 5.41) is 3.09. The number of rotatable bonds is 4. The zero-order valence-corrected chi connectivity index (χ0v) is 15.5. The van der Waals surface area contributed by atoms with Crippen molar-refractivity contribution in [2.24, 2.45) is 22.7 Å². The summed E-state index contributed by atoms with van der Waals surface area (Å²) in [5.41, 5.74) is 0.581. The van der Waals surface area contributed by atoms with Crippen LogP contribution in [0.2, 0.25) is 0 Å². The first-order valence-electron chi connectivity index (χ1n) is 8.41. The Balaban J connectivity index is 2.32. The van der Waals surface area contributed by atoms with Crippen molar-refractivity contribution in [2.75, 3.05) is 6.54 Å². The SMILES string of the molecule is CC(C)(C)CC(Cl)CNC(=O)C1CCC(C(C)(C)C)CC1. The van der Waals surface area contributed by atoms with Gasteiger partial charge in [-0.1, -0.05) is 41.5 Å². The average molecular weight is 316 g/mol. The third-order valence-electron chi connectivity index (χ3n) is 4.65. The topological polar surface area (TPSA) is 29.1 Å². The highest BCUT2D eigenvalue weighted by Crippen LogP contribution is 2.39. The van der Waals surface area contributed by atoms with Crippen molar-refractivity contribution in [3.05, 3.63) is 0 Å². The van der Waals surface area contributed by atoms with Crippen LogP contribution < -0.4 is 5.32 Å². The molecule has 1 unspecified atom stereocenters. The van der Waals surface area contributed by atoms with Crippen LogP contribution in [0.25, 0.3) is 0 Å². The summed E-state index contributed by atoms with van der Waals surface area (Å²) in [5.74, 6) is 1.16. The maximum atomic E-state index is 12.3. The lowest BCUT2D eigenvalue weighted by atomic mass is 9.69. The Morgan fingerprint density at radius 2 is 1.62 bits per heavy atom. The highest BCUT2D eigenvalue weighted by atomic mass is 35.5. The Kier molecular flexibility index (Phi) is 6.58. The Labute approximate surface area is 136 Å². The van der Waals surface area contributed by atoms with E-state index in [1.54, 1.807) is 0 Å². The molecule has 124 valence electrons. The number of hydrogen-bond donors (Lipinski definition) is 1. The number of carbonyl (C=O) groups excluding carboxylic acids is 1. The van der Waals surface area contributed by atoms with Crippen molar-refractivity contribution >= 4 is 17.5 Å². The zero-order chi connectivity index (χ0) is 16.3. The second-order valence-corrected chi connectivity index (χ2v) is 9.64. The van der Waals surface area contributed by atoms with Crippen LogP contribution >= 0.6 is 11.6 Å². The van der Waals surface area contributed by atoms with Gasteiger partial charge in [0.2, 0.25) is 5.91 Å². The normalized spacial score (nSPS) is 25.5. The van der Waals surface area contributed by atoms with Gasteiger partial charge in [-0.15, -0.1) is 11.6 Å². The highest BCUT2D eigenvalue weighted by molar-refractivity contribution is 6.20. The van der Waals surface area contributed by atoms with Crippen LogP contribution in [0.5, 0.6) is 0 Å². The summed E-state index contributed by atoms with van der Waals surface area (Å²) in [6.45, 7) is 14.1. The number of hydrogen-bond acceptors (Lipinski definition) is 1. The quantitative estimate of drug-likeness (QED) is 0.727. The monoisotopic (exact) mass is 315 g/mol. The largest absolute Gasteiger partial charge is 0.354 e. The molecule has 0 bridgehead atoms. The number of alkyl halides is 1. The predicted octanol–water partition coefficient (Wildman–Crippen LogP) is 5.00. The molecule has 3 heteroatoms. The molecule has 0 radical (unpaired) electrons. The average Bonchev–Trinajstić information content (AvgIpc) is 2.33. The molecule has 0 spiro atoms. The van der Waals surface area contributed by atoms with Gasteiger partial charge in [0, 0.05) is 12.5 Å². The Morgan fingerprint density at radius 1 is 1.10 bits per heavy atom. The van der Waals surface area contributed by atoms with Gasteiger partial charge in [0.25, 0.3) is 0 Å². The highest BCUT2D eigenvalue weighted by Gasteiger charge is 2.32. The fraction of sp³-hybridized carbons (Fsp3) is 0.944. The fourth-order valence-corrected chi connectivity index (χ4v) is 3.85. The van der Waals surface area contributed by atoms with Crippen molar-refractivity contribution in [1.29, 1.82) is 0 Å². The molecule has 0 aliphatic heterocycles. The summed E-state index contributed by atoms with van der Waals surface area (Å²) in [4.78, 5) is 12.3. The lowest BCUT2D eigenvalue weighted by molar-refractivity contribution is -0.126. The van der Waals surface area contributed by atoms with Crippen LogP contribution in [0.1, 0.15) is 73.6 Å². The standard InChI is InChI=1S/C18H34ClNO/c1-17(2,3)11-15(19)12-20-16(21)13-7-9-14(10-8-13)18(4,5)6/h13-15H,7-12H2,1-6H3,(H,20,21). The van der Waals surface area contributed by atoms with Crippen molar-refractivity contribution in [2.45, 2.75) is 79.0 Å². The Bertz CT molecular complexity index is 332. The van der Waals surface area contributed by atoms with Gasteiger partial charge in [0.05, 0.1) is 5.38 Å². The van der Waals surface area contributed by atoms with Gasteiger partial charge in [-0.2, -0.15) is 0 Å². The van der Waals surface area contributed by atoms with Crippen LogP contribution in [0.15, 0.2) is 0 Å².